The molecule has 1 saturated carbocycles. The Kier molecular flexibility index (Phi) is 4.50. The number of hydrogen-bond donors (Lipinski definition) is 1. The van der Waals surface area contributed by atoms with Crippen molar-refractivity contribution in [1.29, 1.82) is 0 Å². The molecule has 116 valence electrons. The lowest BCUT2D eigenvalue weighted by Gasteiger charge is -2.49. The highest BCUT2D eigenvalue weighted by molar-refractivity contribution is 9.09. The summed E-state index contributed by atoms with van der Waals surface area (Å²) in [7, 11) is 0. The summed E-state index contributed by atoms with van der Waals surface area (Å²) in [5.74, 6) is 0.130. The van der Waals surface area contributed by atoms with E-state index in [-0.39, 0.29) is 22.1 Å². The summed E-state index contributed by atoms with van der Waals surface area (Å²) in [6, 6.07) is 0. The summed E-state index contributed by atoms with van der Waals surface area (Å²) in [4.78, 5) is 12.4. The minimum absolute atomic E-state index is 0.0925. The molecule has 2 aliphatic rings. The molecule has 3 nitrogen and oxygen atoms in total. The summed E-state index contributed by atoms with van der Waals surface area (Å²) in [5, 5.41) is 10.7. The molecule has 1 heterocycles. The van der Waals surface area contributed by atoms with Crippen LogP contribution >= 0.6 is 31.9 Å². The summed E-state index contributed by atoms with van der Waals surface area (Å²) < 4.78 is 6.21. The zero-order valence-corrected chi connectivity index (χ0v) is 15.8. The fourth-order valence-electron chi connectivity index (χ4n) is 3.91. The number of Topliss-reactive ketones (excluding diaryl/α,β-unsaturated/α-hetero) is 1. The molecule has 0 aromatic rings. The van der Waals surface area contributed by atoms with Crippen molar-refractivity contribution in [3.63, 3.8) is 0 Å². The van der Waals surface area contributed by atoms with Crippen molar-refractivity contribution >= 4 is 37.6 Å². The molecule has 0 aromatic carbocycles. The van der Waals surface area contributed by atoms with E-state index < -0.39 is 11.7 Å². The van der Waals surface area contributed by atoms with Crippen molar-refractivity contribution in [2.24, 2.45) is 11.3 Å². The van der Waals surface area contributed by atoms with Crippen LogP contribution in [0.2, 0.25) is 0 Å². The Bertz CT molecular complexity index is 408. The van der Waals surface area contributed by atoms with Gasteiger partial charge in [0.05, 0.1) is 17.0 Å². The normalized spacial score (nSPS) is 42.9. The fourth-order valence-corrected chi connectivity index (χ4v) is 5.02. The predicted molar refractivity (Wildman–Crippen MR) is 86.5 cm³/mol. The number of rotatable bonds is 3. The lowest BCUT2D eigenvalue weighted by atomic mass is 9.61. The van der Waals surface area contributed by atoms with Crippen molar-refractivity contribution < 1.29 is 14.6 Å². The first-order valence-corrected chi connectivity index (χ1v) is 9.23. The van der Waals surface area contributed by atoms with Crippen LogP contribution in [-0.2, 0) is 9.53 Å². The van der Waals surface area contributed by atoms with E-state index in [1.807, 2.05) is 0 Å². The molecule has 1 aliphatic carbocycles. The number of hydrogen-bond acceptors (Lipinski definition) is 3. The molecule has 1 N–H and O–H groups in total. The third-order valence-corrected chi connectivity index (χ3v) is 7.66. The molecule has 2 fully saturated rings. The average molecular weight is 412 g/mol. The van der Waals surface area contributed by atoms with Crippen LogP contribution in [0.15, 0.2) is 0 Å². The van der Waals surface area contributed by atoms with Crippen molar-refractivity contribution in [3.8, 4) is 0 Å². The van der Waals surface area contributed by atoms with Crippen molar-refractivity contribution in [2.45, 2.75) is 69.1 Å². The van der Waals surface area contributed by atoms with Crippen LogP contribution in [0.25, 0.3) is 0 Å². The molecule has 0 bridgehead atoms. The largest absolute Gasteiger partial charge is 0.380 e. The topological polar surface area (TPSA) is 46.5 Å². The first kappa shape index (κ1) is 16.9. The maximum absolute atomic E-state index is 12.0. The fraction of sp³-hybridized carbons (Fsp3) is 0.933. The number of ketones is 1. The molecule has 2 rings (SSSR count). The molecule has 0 spiro atoms. The van der Waals surface area contributed by atoms with E-state index in [2.05, 4.69) is 52.6 Å². The Morgan fingerprint density at radius 2 is 2.05 bits per heavy atom. The smallest absolute Gasteiger partial charge is 0.177 e. The predicted octanol–water partition coefficient (Wildman–Crippen LogP) is 3.45. The molecule has 0 aromatic heterocycles. The van der Waals surface area contributed by atoms with Gasteiger partial charge in [-0.25, -0.2) is 0 Å². The van der Waals surface area contributed by atoms with Gasteiger partial charge in [0.2, 0.25) is 0 Å². The van der Waals surface area contributed by atoms with Gasteiger partial charge in [-0.05, 0) is 44.4 Å². The highest BCUT2D eigenvalue weighted by Crippen LogP contribution is 2.57. The number of halogens is 2. The number of carbonyl (C=O) groups excluding carboxylic acids is 1. The van der Waals surface area contributed by atoms with Gasteiger partial charge in [0.15, 0.2) is 5.78 Å². The Morgan fingerprint density at radius 1 is 1.45 bits per heavy atom. The molecule has 5 heteroatoms. The molecule has 0 radical (unpaired) electrons. The molecule has 0 unspecified atom stereocenters. The third kappa shape index (κ3) is 2.53. The zero-order chi connectivity index (χ0) is 15.3. The van der Waals surface area contributed by atoms with Crippen LogP contribution in [0.3, 0.4) is 0 Å². The molecule has 0 amide bonds. The van der Waals surface area contributed by atoms with Gasteiger partial charge < -0.3 is 9.84 Å². The number of ether oxygens (including phenoxy) is 1. The van der Waals surface area contributed by atoms with E-state index in [4.69, 9.17) is 4.74 Å². The highest BCUT2D eigenvalue weighted by atomic mass is 79.9. The van der Waals surface area contributed by atoms with Gasteiger partial charge in [-0.1, -0.05) is 45.7 Å². The maximum atomic E-state index is 12.0. The quantitative estimate of drug-likeness (QED) is 0.723. The van der Waals surface area contributed by atoms with Gasteiger partial charge >= 0.3 is 0 Å². The summed E-state index contributed by atoms with van der Waals surface area (Å²) in [5.41, 5.74) is -1.56. The summed E-state index contributed by atoms with van der Waals surface area (Å²) in [6.45, 7) is 8.22. The Balaban J connectivity index is 2.27. The number of carbonyl (C=O) groups is 1. The Hall–Kier alpha value is 0.550. The van der Waals surface area contributed by atoms with Crippen molar-refractivity contribution in [3.05, 3.63) is 0 Å². The second kappa shape index (κ2) is 5.32. The number of aliphatic hydroxyl groups is 1. The first-order valence-electron chi connectivity index (χ1n) is 7.19. The second-order valence-corrected chi connectivity index (χ2v) is 8.91. The van der Waals surface area contributed by atoms with Gasteiger partial charge in [-0.3, -0.25) is 4.79 Å². The molecular weight excluding hydrogens is 388 g/mol. The minimum atomic E-state index is -1.41. The zero-order valence-electron chi connectivity index (χ0n) is 12.6. The third-order valence-electron chi connectivity index (χ3n) is 5.51. The van der Waals surface area contributed by atoms with Gasteiger partial charge in [0, 0.05) is 4.83 Å². The van der Waals surface area contributed by atoms with Crippen LogP contribution in [-0.4, -0.2) is 38.4 Å². The van der Waals surface area contributed by atoms with Crippen LogP contribution in [0, 0.1) is 11.3 Å². The van der Waals surface area contributed by atoms with Crippen LogP contribution in [0.4, 0.5) is 0 Å². The van der Waals surface area contributed by atoms with Crippen LogP contribution in [0.5, 0.6) is 0 Å². The number of fused-ring (bicyclic) bond motifs is 1. The second-order valence-electron chi connectivity index (χ2n) is 7.24. The van der Waals surface area contributed by atoms with E-state index in [0.29, 0.717) is 10.7 Å². The van der Waals surface area contributed by atoms with E-state index in [1.165, 1.54) is 0 Å². The van der Waals surface area contributed by atoms with Crippen LogP contribution in [0.1, 0.15) is 47.0 Å². The monoisotopic (exact) mass is 410 g/mol. The molecule has 20 heavy (non-hydrogen) atoms. The Morgan fingerprint density at radius 3 is 2.60 bits per heavy atom. The SMILES string of the molecule is CC1(C)[C@@H](Br)CC[C@]2(C)O[C@H]([C@@](C)(O)C(=O)CBr)C[C@@H]12. The first-order chi connectivity index (χ1) is 9.05. The van der Waals surface area contributed by atoms with Gasteiger partial charge in [0.25, 0.3) is 0 Å². The van der Waals surface area contributed by atoms with E-state index in [0.717, 1.165) is 19.3 Å². The van der Waals surface area contributed by atoms with Gasteiger partial charge in [-0.15, -0.1) is 0 Å². The Labute approximate surface area is 138 Å². The van der Waals surface area contributed by atoms with Gasteiger partial charge in [0.1, 0.15) is 5.60 Å². The van der Waals surface area contributed by atoms with Crippen LogP contribution < -0.4 is 0 Å². The molecule has 1 saturated heterocycles. The van der Waals surface area contributed by atoms with E-state index in [1.54, 1.807) is 6.92 Å². The summed E-state index contributed by atoms with van der Waals surface area (Å²) >= 11 is 6.94. The van der Waals surface area contributed by atoms with Crippen molar-refractivity contribution in [2.75, 3.05) is 5.33 Å². The molecular formula is C15H24Br2O3. The molecule has 5 atom stereocenters. The number of alkyl halides is 2. The van der Waals surface area contributed by atoms with Crippen molar-refractivity contribution in [1.82, 2.24) is 0 Å². The highest BCUT2D eigenvalue weighted by Gasteiger charge is 2.60. The van der Waals surface area contributed by atoms with Gasteiger partial charge in [-0.2, -0.15) is 0 Å². The molecule has 1 aliphatic heterocycles. The van der Waals surface area contributed by atoms with E-state index >= 15 is 0 Å². The van der Waals surface area contributed by atoms with E-state index in [9.17, 15) is 9.90 Å². The maximum Gasteiger partial charge on any atom is 0.177 e. The lowest BCUT2D eigenvalue weighted by Crippen LogP contribution is -2.50. The lowest BCUT2D eigenvalue weighted by molar-refractivity contribution is -0.162. The minimum Gasteiger partial charge on any atom is -0.380 e. The average Bonchev–Trinajstić information content (AvgIpc) is 2.74. The summed E-state index contributed by atoms with van der Waals surface area (Å²) in [6.07, 6.45) is 2.34. The standard InChI is InChI=1S/C15H24Br2O3/c1-13(2)9-7-12(15(4,19)11(18)8-16)20-14(9,3)6-5-10(13)17/h9-10,12,19H,5-8H2,1-4H3/t9-,10-,12-,14-,15-/m0/s1.